The molecule has 1 aliphatic rings. The Hall–Kier alpha value is -1.06. The molecule has 0 saturated carbocycles. The Morgan fingerprint density at radius 2 is 2.00 bits per heavy atom. The van der Waals surface area contributed by atoms with Crippen LogP contribution in [0.3, 0.4) is 0 Å². The Morgan fingerprint density at radius 3 is 2.67 bits per heavy atom. The molecular formula is C23H41IN4O2. The summed E-state index contributed by atoms with van der Waals surface area (Å²) >= 11 is 0. The topological polar surface area (TPSA) is 58.1 Å². The highest BCUT2D eigenvalue weighted by molar-refractivity contribution is 14.0. The van der Waals surface area contributed by atoms with Gasteiger partial charge in [-0.15, -0.1) is 24.0 Å². The molecule has 1 fully saturated rings. The van der Waals surface area contributed by atoms with Crippen LogP contribution in [0, 0.1) is 5.92 Å². The molecule has 1 aromatic carbocycles. The molecule has 1 aromatic rings. The van der Waals surface area contributed by atoms with Crippen molar-refractivity contribution in [3.8, 4) is 5.75 Å². The third kappa shape index (κ3) is 10.3. The molecule has 1 aliphatic heterocycles. The standard InChI is InChI=1S/C23H40N4O2.HI/c1-5-29-15-7-13-24-23(25-16-20-9-11-22(28-4)12-10-20)26-17-21-8-6-14-27(18-21)19(2)3;/h9-12,19,21H,5-8,13-18H2,1-4H3,(H2,24,25,26);1H. The van der Waals surface area contributed by atoms with E-state index in [0.717, 1.165) is 44.4 Å². The summed E-state index contributed by atoms with van der Waals surface area (Å²) in [7, 11) is 1.69. The van der Waals surface area contributed by atoms with Crippen LogP contribution in [0.15, 0.2) is 29.3 Å². The van der Waals surface area contributed by atoms with E-state index in [2.05, 4.69) is 41.5 Å². The van der Waals surface area contributed by atoms with Gasteiger partial charge in [-0.2, -0.15) is 0 Å². The van der Waals surface area contributed by atoms with Gasteiger partial charge in [-0.1, -0.05) is 12.1 Å². The van der Waals surface area contributed by atoms with Crippen molar-refractivity contribution < 1.29 is 9.47 Å². The largest absolute Gasteiger partial charge is 0.497 e. The van der Waals surface area contributed by atoms with Gasteiger partial charge in [0.15, 0.2) is 5.96 Å². The number of rotatable bonds is 11. The third-order valence-corrected chi connectivity index (χ3v) is 5.38. The number of hydrogen-bond donors (Lipinski definition) is 2. The molecule has 2 rings (SSSR count). The van der Waals surface area contributed by atoms with Gasteiger partial charge >= 0.3 is 0 Å². The smallest absolute Gasteiger partial charge is 0.191 e. The molecular weight excluding hydrogens is 491 g/mol. The molecule has 0 aliphatic carbocycles. The molecule has 1 heterocycles. The number of nitrogens with one attached hydrogen (secondary N) is 2. The van der Waals surface area contributed by atoms with E-state index >= 15 is 0 Å². The van der Waals surface area contributed by atoms with Crippen LogP contribution >= 0.6 is 24.0 Å². The van der Waals surface area contributed by atoms with Crippen molar-refractivity contribution in [3.05, 3.63) is 29.8 Å². The molecule has 2 N–H and O–H groups in total. The molecule has 172 valence electrons. The summed E-state index contributed by atoms with van der Waals surface area (Å²) in [6.45, 7) is 13.0. The first-order valence-corrected chi connectivity index (χ1v) is 11.1. The number of halogens is 1. The van der Waals surface area contributed by atoms with Crippen molar-refractivity contribution in [2.45, 2.75) is 52.6 Å². The lowest BCUT2D eigenvalue weighted by Gasteiger charge is -2.35. The Morgan fingerprint density at radius 1 is 1.23 bits per heavy atom. The molecule has 0 spiro atoms. The second-order valence-corrected chi connectivity index (χ2v) is 7.97. The first-order chi connectivity index (χ1) is 14.1. The molecule has 0 amide bonds. The monoisotopic (exact) mass is 532 g/mol. The summed E-state index contributed by atoms with van der Waals surface area (Å²) < 4.78 is 10.7. The summed E-state index contributed by atoms with van der Waals surface area (Å²) in [4.78, 5) is 7.39. The zero-order valence-electron chi connectivity index (χ0n) is 19.2. The van der Waals surface area contributed by atoms with Crippen LogP contribution in [0.1, 0.15) is 45.6 Å². The molecule has 0 radical (unpaired) electrons. The zero-order chi connectivity index (χ0) is 20.9. The first kappa shape index (κ1) is 27.0. The first-order valence-electron chi connectivity index (χ1n) is 11.1. The number of benzene rings is 1. The summed E-state index contributed by atoms with van der Waals surface area (Å²) in [6, 6.07) is 8.72. The molecule has 1 atom stereocenters. The van der Waals surface area contributed by atoms with E-state index in [1.807, 2.05) is 19.1 Å². The van der Waals surface area contributed by atoms with E-state index in [0.29, 0.717) is 18.5 Å². The fourth-order valence-corrected chi connectivity index (χ4v) is 3.57. The quantitative estimate of drug-likeness (QED) is 0.196. The van der Waals surface area contributed by atoms with Gasteiger partial charge in [-0.3, -0.25) is 0 Å². The lowest BCUT2D eigenvalue weighted by molar-refractivity contribution is 0.140. The second-order valence-electron chi connectivity index (χ2n) is 7.97. The fourth-order valence-electron chi connectivity index (χ4n) is 3.57. The number of nitrogens with zero attached hydrogens (tertiary/aromatic N) is 2. The van der Waals surface area contributed by atoms with Gasteiger partial charge in [0.2, 0.25) is 0 Å². The number of likely N-dealkylation sites (tertiary alicyclic amines) is 1. The van der Waals surface area contributed by atoms with Crippen molar-refractivity contribution in [2.75, 3.05) is 46.5 Å². The predicted octanol–water partition coefficient (Wildman–Crippen LogP) is 3.90. The van der Waals surface area contributed by atoms with Gasteiger partial charge < -0.3 is 25.0 Å². The highest BCUT2D eigenvalue weighted by atomic mass is 127. The minimum atomic E-state index is 0. The minimum Gasteiger partial charge on any atom is -0.497 e. The Kier molecular flexibility index (Phi) is 14.1. The Labute approximate surface area is 200 Å². The Balaban J connectivity index is 0.00000450. The second kappa shape index (κ2) is 15.7. The molecule has 1 unspecified atom stereocenters. The molecule has 7 heteroatoms. The number of piperidine rings is 1. The summed E-state index contributed by atoms with van der Waals surface area (Å²) in [5, 5.41) is 7.04. The van der Waals surface area contributed by atoms with Gasteiger partial charge in [-0.25, -0.2) is 4.99 Å². The Bertz CT molecular complexity index is 595. The van der Waals surface area contributed by atoms with Crippen LogP contribution in [0.25, 0.3) is 0 Å². The predicted molar refractivity (Wildman–Crippen MR) is 136 cm³/mol. The number of hydrogen-bond acceptors (Lipinski definition) is 4. The van der Waals surface area contributed by atoms with Crippen molar-refractivity contribution in [2.24, 2.45) is 10.9 Å². The number of methoxy groups -OCH3 is 1. The summed E-state index contributed by atoms with van der Waals surface area (Å²) in [5.41, 5.74) is 1.17. The number of aliphatic imine (C=N–C) groups is 1. The van der Waals surface area contributed by atoms with E-state index in [1.54, 1.807) is 7.11 Å². The maximum absolute atomic E-state index is 5.44. The lowest BCUT2D eigenvalue weighted by atomic mass is 9.97. The van der Waals surface area contributed by atoms with Crippen LogP contribution in [0.2, 0.25) is 0 Å². The van der Waals surface area contributed by atoms with Crippen molar-refractivity contribution in [1.29, 1.82) is 0 Å². The fraction of sp³-hybridized carbons (Fsp3) is 0.696. The van der Waals surface area contributed by atoms with Crippen LogP contribution in [-0.4, -0.2) is 63.4 Å². The van der Waals surface area contributed by atoms with Gasteiger partial charge in [-0.05, 0) is 70.2 Å². The summed E-state index contributed by atoms with van der Waals surface area (Å²) in [6.07, 6.45) is 3.54. The minimum absolute atomic E-state index is 0. The van der Waals surface area contributed by atoms with E-state index in [9.17, 15) is 0 Å². The lowest BCUT2D eigenvalue weighted by Crippen LogP contribution is -2.46. The van der Waals surface area contributed by atoms with Crippen molar-refractivity contribution >= 4 is 29.9 Å². The van der Waals surface area contributed by atoms with Crippen molar-refractivity contribution in [1.82, 2.24) is 15.5 Å². The van der Waals surface area contributed by atoms with E-state index in [1.165, 1.54) is 31.5 Å². The molecule has 6 nitrogen and oxygen atoms in total. The van der Waals surface area contributed by atoms with Gasteiger partial charge in [0.05, 0.1) is 13.7 Å². The molecule has 0 bridgehead atoms. The maximum Gasteiger partial charge on any atom is 0.191 e. The van der Waals surface area contributed by atoms with Crippen LogP contribution < -0.4 is 15.4 Å². The average molecular weight is 533 g/mol. The van der Waals surface area contributed by atoms with Gasteiger partial charge in [0, 0.05) is 38.9 Å². The molecule has 1 saturated heterocycles. The molecule has 30 heavy (non-hydrogen) atoms. The normalized spacial score (nSPS) is 17.5. The van der Waals surface area contributed by atoms with Crippen LogP contribution in [0.5, 0.6) is 5.75 Å². The number of ether oxygens (including phenoxy) is 2. The molecule has 0 aromatic heterocycles. The SMILES string of the molecule is CCOCCCNC(=NCc1ccc(OC)cc1)NCC1CCCN(C(C)C)C1.I. The van der Waals surface area contributed by atoms with Crippen LogP contribution in [-0.2, 0) is 11.3 Å². The highest BCUT2D eigenvalue weighted by Gasteiger charge is 2.21. The van der Waals surface area contributed by atoms with Gasteiger partial charge in [0.1, 0.15) is 5.75 Å². The van der Waals surface area contributed by atoms with Gasteiger partial charge in [0.25, 0.3) is 0 Å². The third-order valence-electron chi connectivity index (χ3n) is 5.38. The van der Waals surface area contributed by atoms with Crippen molar-refractivity contribution in [3.63, 3.8) is 0 Å². The average Bonchev–Trinajstić information content (AvgIpc) is 2.75. The van der Waals surface area contributed by atoms with E-state index in [-0.39, 0.29) is 24.0 Å². The highest BCUT2D eigenvalue weighted by Crippen LogP contribution is 2.17. The maximum atomic E-state index is 5.44. The zero-order valence-corrected chi connectivity index (χ0v) is 21.5. The summed E-state index contributed by atoms with van der Waals surface area (Å²) in [5.74, 6) is 2.43. The van der Waals surface area contributed by atoms with Crippen LogP contribution in [0.4, 0.5) is 0 Å². The van der Waals surface area contributed by atoms with E-state index < -0.39 is 0 Å². The number of guanidine groups is 1. The van der Waals surface area contributed by atoms with E-state index in [4.69, 9.17) is 14.5 Å².